The van der Waals surface area contributed by atoms with Crippen LogP contribution in [0, 0.1) is 12.3 Å². The molecule has 2 aromatic carbocycles. The molecule has 0 fully saturated rings. The van der Waals surface area contributed by atoms with Crippen LogP contribution in [-0.4, -0.2) is 36.7 Å². The van der Waals surface area contributed by atoms with Gasteiger partial charge in [0.15, 0.2) is 6.61 Å². The molecular formula is C25H25F3O4S. The molecule has 0 aliphatic heterocycles. The number of rotatable bonds is 9. The Labute approximate surface area is 195 Å². The Balaban J connectivity index is 1.73. The van der Waals surface area contributed by atoms with Gasteiger partial charge in [-0.3, -0.25) is 0 Å². The number of methoxy groups -OCH3 is 1. The zero-order valence-electron chi connectivity index (χ0n) is 18.3. The van der Waals surface area contributed by atoms with Gasteiger partial charge in [-0.1, -0.05) is 54.6 Å². The van der Waals surface area contributed by atoms with E-state index < -0.39 is 24.2 Å². The molecule has 0 saturated carbocycles. The highest BCUT2D eigenvalue weighted by atomic mass is 32.2. The number of allylic oxidation sites excluding steroid dienone is 4. The number of alkyl halides is 3. The molecule has 0 atom stereocenters. The van der Waals surface area contributed by atoms with Gasteiger partial charge >= 0.3 is 12.1 Å². The number of aryl methyl sites for hydroxylation is 1. The highest BCUT2D eigenvalue weighted by molar-refractivity contribution is 7.99. The summed E-state index contributed by atoms with van der Waals surface area (Å²) >= 11 is 1.26. The highest BCUT2D eigenvalue weighted by Crippen LogP contribution is 2.48. The number of aliphatic carboxylic acids is 1. The van der Waals surface area contributed by atoms with Gasteiger partial charge in [0.1, 0.15) is 16.9 Å². The average Bonchev–Trinajstić information content (AvgIpc) is 2.78. The predicted octanol–water partition coefficient (Wildman–Crippen LogP) is 6.41. The van der Waals surface area contributed by atoms with E-state index in [2.05, 4.69) is 0 Å². The van der Waals surface area contributed by atoms with Crippen LogP contribution >= 0.6 is 11.8 Å². The molecule has 176 valence electrons. The summed E-state index contributed by atoms with van der Waals surface area (Å²) in [5.41, 5.74) is -0.410. The molecule has 0 saturated heterocycles. The minimum atomic E-state index is -4.42. The molecule has 33 heavy (non-hydrogen) atoms. The van der Waals surface area contributed by atoms with Gasteiger partial charge in [0.05, 0.1) is 7.11 Å². The number of hydrogen-bond acceptors (Lipinski definition) is 4. The van der Waals surface area contributed by atoms with E-state index in [0.717, 1.165) is 5.56 Å². The SMILES string of the molecule is COc1cc(OCC(=O)O)c(C)cc1SCCC1(C(F)(F)F)C=CC(c2ccccc2)C=C1. The fourth-order valence-electron chi connectivity index (χ4n) is 3.61. The predicted molar refractivity (Wildman–Crippen MR) is 122 cm³/mol. The third-order valence-corrected chi connectivity index (χ3v) is 6.54. The molecule has 2 aromatic rings. The fraction of sp³-hybridized carbons (Fsp3) is 0.320. The van der Waals surface area contributed by atoms with Gasteiger partial charge in [-0.15, -0.1) is 11.8 Å². The first-order valence-corrected chi connectivity index (χ1v) is 11.3. The van der Waals surface area contributed by atoms with Crippen LogP contribution in [-0.2, 0) is 4.79 Å². The van der Waals surface area contributed by atoms with Crippen LogP contribution < -0.4 is 9.47 Å². The third kappa shape index (κ3) is 5.93. The fourth-order valence-corrected chi connectivity index (χ4v) is 4.81. The Bertz CT molecular complexity index is 1020. The van der Waals surface area contributed by atoms with Gasteiger partial charge in [-0.05, 0) is 36.3 Å². The zero-order chi connectivity index (χ0) is 24.1. The number of benzene rings is 2. The second kappa shape index (κ2) is 10.4. The lowest BCUT2D eigenvalue weighted by molar-refractivity contribution is -0.190. The maximum atomic E-state index is 14.1. The van der Waals surface area contributed by atoms with Crippen LogP contribution in [0.4, 0.5) is 13.2 Å². The van der Waals surface area contributed by atoms with Crippen LogP contribution in [0.3, 0.4) is 0 Å². The van der Waals surface area contributed by atoms with Crippen molar-refractivity contribution >= 4 is 17.7 Å². The van der Waals surface area contributed by atoms with E-state index in [0.29, 0.717) is 22.0 Å². The van der Waals surface area contributed by atoms with Crippen molar-refractivity contribution in [2.45, 2.75) is 30.3 Å². The van der Waals surface area contributed by atoms with Gasteiger partial charge in [0.25, 0.3) is 0 Å². The Hall–Kier alpha value is -2.87. The maximum Gasteiger partial charge on any atom is 0.401 e. The van der Waals surface area contributed by atoms with Gasteiger partial charge in [-0.25, -0.2) is 4.79 Å². The monoisotopic (exact) mass is 478 g/mol. The molecule has 4 nitrogen and oxygen atoms in total. The number of hydrogen-bond donors (Lipinski definition) is 1. The van der Waals surface area contributed by atoms with Crippen molar-refractivity contribution in [3.63, 3.8) is 0 Å². The molecule has 0 amide bonds. The van der Waals surface area contributed by atoms with Crippen LogP contribution in [0.5, 0.6) is 11.5 Å². The summed E-state index contributed by atoms with van der Waals surface area (Å²) in [4.78, 5) is 11.4. The first-order chi connectivity index (χ1) is 15.6. The molecule has 8 heteroatoms. The number of carboxylic acid groups (broad SMARTS) is 1. The van der Waals surface area contributed by atoms with E-state index in [4.69, 9.17) is 14.6 Å². The summed E-state index contributed by atoms with van der Waals surface area (Å²) in [5.74, 6) is -0.306. The molecule has 0 heterocycles. The first-order valence-electron chi connectivity index (χ1n) is 10.3. The summed E-state index contributed by atoms with van der Waals surface area (Å²) < 4.78 is 52.8. The molecule has 0 spiro atoms. The van der Waals surface area contributed by atoms with Gasteiger partial charge in [0, 0.05) is 16.9 Å². The van der Waals surface area contributed by atoms with Crippen molar-refractivity contribution in [1.29, 1.82) is 0 Å². The Kier molecular flexibility index (Phi) is 7.79. The number of carboxylic acids is 1. The Morgan fingerprint density at radius 2 is 1.79 bits per heavy atom. The second-order valence-electron chi connectivity index (χ2n) is 7.74. The summed E-state index contributed by atoms with van der Waals surface area (Å²) in [5, 5.41) is 8.79. The van der Waals surface area contributed by atoms with Crippen molar-refractivity contribution in [1.82, 2.24) is 0 Å². The lowest BCUT2D eigenvalue weighted by Crippen LogP contribution is -2.36. The van der Waals surface area contributed by atoms with Crippen molar-refractivity contribution in [2.24, 2.45) is 5.41 Å². The zero-order valence-corrected chi connectivity index (χ0v) is 19.1. The van der Waals surface area contributed by atoms with Crippen LogP contribution in [0.2, 0.25) is 0 Å². The minimum absolute atomic E-state index is 0.130. The molecule has 0 aromatic heterocycles. The quantitative estimate of drug-likeness (QED) is 0.334. The van der Waals surface area contributed by atoms with Crippen LogP contribution in [0.15, 0.2) is 71.7 Å². The normalized spacial score (nSPS) is 20.0. The van der Waals surface area contributed by atoms with Gasteiger partial charge in [0.2, 0.25) is 0 Å². The van der Waals surface area contributed by atoms with Crippen molar-refractivity contribution in [2.75, 3.05) is 19.5 Å². The van der Waals surface area contributed by atoms with Crippen molar-refractivity contribution < 1.29 is 32.5 Å². The second-order valence-corrected chi connectivity index (χ2v) is 8.88. The summed E-state index contributed by atoms with van der Waals surface area (Å²) in [7, 11) is 1.45. The maximum absolute atomic E-state index is 14.1. The van der Waals surface area contributed by atoms with E-state index in [1.807, 2.05) is 30.3 Å². The summed E-state index contributed by atoms with van der Waals surface area (Å²) in [6.07, 6.45) is 1.23. The standard InChI is InChI=1S/C25H25F3O4S/c1-17-14-22(21(31-2)15-20(17)32-16-23(29)30)33-13-12-24(25(26,27)28)10-8-19(9-11-24)18-6-4-3-5-7-18/h3-11,14-15,19H,12-13,16H2,1-2H3,(H,29,30). The topological polar surface area (TPSA) is 55.8 Å². The smallest absolute Gasteiger partial charge is 0.401 e. The lowest BCUT2D eigenvalue weighted by Gasteiger charge is -2.33. The van der Waals surface area contributed by atoms with E-state index in [1.165, 1.54) is 31.0 Å². The molecular weight excluding hydrogens is 453 g/mol. The number of ether oxygens (including phenoxy) is 2. The lowest BCUT2D eigenvalue weighted by atomic mass is 9.77. The molecule has 0 unspecified atom stereocenters. The number of carbonyl (C=O) groups is 1. The summed E-state index contributed by atoms with van der Waals surface area (Å²) in [6, 6.07) is 12.7. The Morgan fingerprint density at radius 3 is 2.36 bits per heavy atom. The first kappa shape index (κ1) is 24.8. The highest BCUT2D eigenvalue weighted by Gasteiger charge is 2.51. The van der Waals surface area contributed by atoms with E-state index >= 15 is 0 Å². The molecule has 0 radical (unpaired) electrons. The van der Waals surface area contributed by atoms with E-state index in [9.17, 15) is 18.0 Å². The van der Waals surface area contributed by atoms with Crippen molar-refractivity contribution in [3.8, 4) is 11.5 Å². The average molecular weight is 479 g/mol. The molecule has 1 N–H and O–H groups in total. The number of halogens is 3. The van der Waals surface area contributed by atoms with E-state index in [-0.39, 0.29) is 18.1 Å². The molecule has 1 aliphatic carbocycles. The van der Waals surface area contributed by atoms with Crippen molar-refractivity contribution in [3.05, 3.63) is 77.9 Å². The minimum Gasteiger partial charge on any atom is -0.495 e. The Morgan fingerprint density at radius 1 is 1.12 bits per heavy atom. The van der Waals surface area contributed by atoms with Crippen LogP contribution in [0.25, 0.3) is 0 Å². The van der Waals surface area contributed by atoms with Gasteiger partial charge < -0.3 is 14.6 Å². The molecule has 1 aliphatic rings. The van der Waals surface area contributed by atoms with E-state index in [1.54, 1.807) is 31.2 Å². The third-order valence-electron chi connectivity index (χ3n) is 5.50. The van der Waals surface area contributed by atoms with Crippen LogP contribution in [0.1, 0.15) is 23.5 Å². The summed E-state index contributed by atoms with van der Waals surface area (Å²) in [6.45, 7) is 1.25. The molecule has 3 rings (SSSR count). The largest absolute Gasteiger partial charge is 0.495 e. The number of thioether (sulfide) groups is 1. The van der Waals surface area contributed by atoms with Gasteiger partial charge in [-0.2, -0.15) is 13.2 Å². The molecule has 0 bridgehead atoms.